The van der Waals surface area contributed by atoms with Gasteiger partial charge in [0.05, 0.1) is 19.8 Å². The topological polar surface area (TPSA) is 72.9 Å². The smallest absolute Gasteiger partial charge is 0.327 e. The van der Waals surface area contributed by atoms with E-state index in [9.17, 15) is 9.18 Å². The molecule has 4 heterocycles. The number of nitrogens with one attached hydrogen (secondary N) is 1. The molecule has 1 aromatic carbocycles. The summed E-state index contributed by atoms with van der Waals surface area (Å²) in [5.41, 5.74) is 3.97. The van der Waals surface area contributed by atoms with E-state index in [1.807, 2.05) is 0 Å². The second-order valence-electron chi connectivity index (χ2n) is 10.7. The molecule has 0 bridgehead atoms. The fraction of sp³-hybridized carbons (Fsp3) is 0.600. The zero-order chi connectivity index (χ0) is 26.3. The van der Waals surface area contributed by atoms with E-state index in [1.54, 1.807) is 6.07 Å². The maximum Gasteiger partial charge on any atom is 0.327 e. The number of aromatic nitrogens is 1. The summed E-state index contributed by atoms with van der Waals surface area (Å²) in [5.74, 6) is 0.645. The van der Waals surface area contributed by atoms with E-state index in [4.69, 9.17) is 19.2 Å². The van der Waals surface area contributed by atoms with Crippen LogP contribution in [0.4, 0.5) is 10.2 Å². The zero-order valence-electron chi connectivity index (χ0n) is 22.4. The summed E-state index contributed by atoms with van der Waals surface area (Å²) >= 11 is 0. The van der Waals surface area contributed by atoms with Gasteiger partial charge in [0.25, 0.3) is 0 Å². The second kappa shape index (κ2) is 13.0. The minimum atomic E-state index is -0.648. The standard InChI is InChI=1S/C30H40FN3O4/c1-36-30(35)28(26-18-23(31)10-12-25(26)27-8-2-3-17-38-27)34-15-13-21(19-34)20-37-16-5-7-24-11-9-22-6-4-14-32-29(22)33-24/h9-12,18,21,27-28H,2-8,13-17,19-20H2,1H3,(H,32,33)/t21-,27+,28?/m1/s1. The van der Waals surface area contributed by atoms with E-state index >= 15 is 0 Å². The Kier molecular flexibility index (Phi) is 9.25. The fourth-order valence-corrected chi connectivity index (χ4v) is 5.99. The highest BCUT2D eigenvalue weighted by Crippen LogP contribution is 2.37. The van der Waals surface area contributed by atoms with Crippen molar-refractivity contribution in [2.75, 3.05) is 51.9 Å². The van der Waals surface area contributed by atoms with Gasteiger partial charge in [0, 0.05) is 32.0 Å². The number of aryl methyl sites for hydroxylation is 2. The molecule has 0 spiro atoms. The summed E-state index contributed by atoms with van der Waals surface area (Å²) in [4.78, 5) is 19.9. The lowest BCUT2D eigenvalue weighted by Crippen LogP contribution is -2.35. The molecule has 0 amide bonds. The maximum atomic E-state index is 14.4. The number of carbonyl (C=O) groups is 1. The third kappa shape index (κ3) is 6.53. The van der Waals surface area contributed by atoms with Crippen LogP contribution in [-0.4, -0.2) is 62.4 Å². The molecule has 2 saturated heterocycles. The van der Waals surface area contributed by atoms with Crippen LogP contribution >= 0.6 is 0 Å². The van der Waals surface area contributed by atoms with Gasteiger partial charge in [0.2, 0.25) is 0 Å². The summed E-state index contributed by atoms with van der Waals surface area (Å²) in [6, 6.07) is 8.41. The molecule has 2 fully saturated rings. The Morgan fingerprint density at radius 2 is 2.16 bits per heavy atom. The molecule has 3 atom stereocenters. The third-order valence-electron chi connectivity index (χ3n) is 8.00. The average Bonchev–Trinajstić information content (AvgIpc) is 3.41. The minimum absolute atomic E-state index is 0.117. The lowest BCUT2D eigenvalue weighted by molar-refractivity contribution is -0.147. The molecular formula is C30H40FN3O4. The molecule has 5 rings (SSSR count). The molecule has 1 unspecified atom stereocenters. The van der Waals surface area contributed by atoms with Gasteiger partial charge in [-0.2, -0.15) is 0 Å². The Bertz CT molecular complexity index is 1090. The van der Waals surface area contributed by atoms with Gasteiger partial charge >= 0.3 is 5.97 Å². The van der Waals surface area contributed by atoms with Crippen molar-refractivity contribution in [3.05, 3.63) is 58.5 Å². The molecule has 2 aromatic rings. The zero-order valence-corrected chi connectivity index (χ0v) is 22.4. The molecule has 206 valence electrons. The lowest BCUT2D eigenvalue weighted by atomic mass is 9.92. The molecule has 3 aliphatic heterocycles. The third-order valence-corrected chi connectivity index (χ3v) is 8.00. The average molecular weight is 526 g/mol. The number of methoxy groups -OCH3 is 1. The van der Waals surface area contributed by atoms with Crippen molar-refractivity contribution in [2.45, 2.75) is 63.5 Å². The number of fused-ring (bicyclic) bond motifs is 1. The van der Waals surface area contributed by atoms with E-state index < -0.39 is 6.04 Å². The van der Waals surface area contributed by atoms with Crippen LogP contribution < -0.4 is 5.32 Å². The number of pyridine rings is 1. The van der Waals surface area contributed by atoms with Gasteiger partial charge in [-0.15, -0.1) is 0 Å². The van der Waals surface area contributed by atoms with Crippen LogP contribution in [0.3, 0.4) is 0 Å². The lowest BCUT2D eigenvalue weighted by Gasteiger charge is -2.31. The molecule has 3 aliphatic rings. The quantitative estimate of drug-likeness (QED) is 0.346. The normalized spacial score (nSPS) is 22.5. The van der Waals surface area contributed by atoms with Crippen molar-refractivity contribution >= 4 is 11.8 Å². The van der Waals surface area contributed by atoms with Crippen molar-refractivity contribution in [3.8, 4) is 0 Å². The summed E-state index contributed by atoms with van der Waals surface area (Å²) in [6.45, 7) is 4.45. The Morgan fingerprint density at radius 1 is 1.24 bits per heavy atom. The summed E-state index contributed by atoms with van der Waals surface area (Å²) in [5, 5.41) is 3.40. The molecule has 8 heteroatoms. The molecule has 0 saturated carbocycles. The highest BCUT2D eigenvalue weighted by molar-refractivity contribution is 5.78. The predicted molar refractivity (Wildman–Crippen MR) is 144 cm³/mol. The highest BCUT2D eigenvalue weighted by atomic mass is 19.1. The number of benzene rings is 1. The van der Waals surface area contributed by atoms with Gasteiger partial charge in [-0.05, 0) is 98.7 Å². The SMILES string of the molecule is COC(=O)C(c1cc(F)ccc1[C@@H]1CCCCO1)N1CC[C@@H](COCCCc2ccc3c(n2)NCCC3)C1. The number of halogens is 1. The fourth-order valence-electron chi connectivity index (χ4n) is 5.99. The van der Waals surface area contributed by atoms with Gasteiger partial charge in [-0.25, -0.2) is 14.2 Å². The first-order valence-corrected chi connectivity index (χ1v) is 14.2. The summed E-state index contributed by atoms with van der Waals surface area (Å²) in [6.07, 6.45) is 7.85. The van der Waals surface area contributed by atoms with Gasteiger partial charge in [0.15, 0.2) is 0 Å². The molecule has 7 nitrogen and oxygen atoms in total. The molecule has 0 radical (unpaired) electrons. The number of rotatable bonds is 10. The Hall–Kier alpha value is -2.55. The van der Waals surface area contributed by atoms with Gasteiger partial charge in [-0.1, -0.05) is 12.1 Å². The molecule has 1 aromatic heterocycles. The van der Waals surface area contributed by atoms with E-state index in [2.05, 4.69) is 22.3 Å². The van der Waals surface area contributed by atoms with E-state index in [-0.39, 0.29) is 17.9 Å². The first kappa shape index (κ1) is 27.0. The maximum absolute atomic E-state index is 14.4. The number of ether oxygens (including phenoxy) is 3. The van der Waals surface area contributed by atoms with Crippen molar-refractivity contribution < 1.29 is 23.4 Å². The second-order valence-corrected chi connectivity index (χ2v) is 10.7. The van der Waals surface area contributed by atoms with Gasteiger partial charge in [-0.3, -0.25) is 4.90 Å². The van der Waals surface area contributed by atoms with Crippen molar-refractivity contribution in [1.82, 2.24) is 9.88 Å². The van der Waals surface area contributed by atoms with E-state index in [0.29, 0.717) is 37.8 Å². The number of carbonyl (C=O) groups excluding carboxylic acids is 1. The summed E-state index contributed by atoms with van der Waals surface area (Å²) in [7, 11) is 1.40. The van der Waals surface area contributed by atoms with Crippen LogP contribution in [0, 0.1) is 11.7 Å². The number of hydrogen-bond acceptors (Lipinski definition) is 7. The van der Waals surface area contributed by atoms with E-state index in [1.165, 1.54) is 31.2 Å². The monoisotopic (exact) mass is 525 g/mol. The van der Waals surface area contributed by atoms with Gasteiger partial charge < -0.3 is 19.5 Å². The Balaban J connectivity index is 1.15. The highest BCUT2D eigenvalue weighted by Gasteiger charge is 2.37. The Labute approximate surface area is 225 Å². The molecule has 1 N–H and O–H groups in total. The van der Waals surface area contributed by atoms with Crippen LogP contribution in [0.15, 0.2) is 30.3 Å². The van der Waals surface area contributed by atoms with Gasteiger partial charge in [0.1, 0.15) is 17.7 Å². The largest absolute Gasteiger partial charge is 0.468 e. The first-order chi connectivity index (χ1) is 18.6. The van der Waals surface area contributed by atoms with Crippen LogP contribution in [-0.2, 0) is 31.8 Å². The number of anilines is 1. The number of likely N-dealkylation sites (tertiary alicyclic amines) is 1. The molecule has 0 aliphatic carbocycles. The molecule has 38 heavy (non-hydrogen) atoms. The summed E-state index contributed by atoms with van der Waals surface area (Å²) < 4.78 is 31.7. The van der Waals surface area contributed by atoms with E-state index in [0.717, 1.165) is 75.1 Å². The van der Waals surface area contributed by atoms with Crippen LogP contribution in [0.25, 0.3) is 0 Å². The van der Waals surface area contributed by atoms with Crippen molar-refractivity contribution in [3.63, 3.8) is 0 Å². The first-order valence-electron chi connectivity index (χ1n) is 14.2. The Morgan fingerprint density at radius 3 is 3.00 bits per heavy atom. The number of esters is 1. The van der Waals surface area contributed by atoms with Crippen molar-refractivity contribution in [1.29, 1.82) is 0 Å². The number of nitrogens with zero attached hydrogens (tertiary/aromatic N) is 2. The van der Waals surface area contributed by atoms with Crippen LogP contribution in [0.1, 0.15) is 73.1 Å². The minimum Gasteiger partial charge on any atom is -0.468 e. The van der Waals surface area contributed by atoms with Crippen LogP contribution in [0.5, 0.6) is 0 Å². The predicted octanol–water partition coefficient (Wildman–Crippen LogP) is 5.01. The van der Waals surface area contributed by atoms with Crippen LogP contribution in [0.2, 0.25) is 0 Å². The van der Waals surface area contributed by atoms with Crippen molar-refractivity contribution in [2.24, 2.45) is 5.92 Å². The molecular weight excluding hydrogens is 485 g/mol. The number of hydrogen-bond donors (Lipinski definition) is 1.